The van der Waals surface area contributed by atoms with Crippen molar-refractivity contribution >= 4 is 11.4 Å². The third-order valence-corrected chi connectivity index (χ3v) is 5.54. The maximum Gasteiger partial charge on any atom is 0.141 e. The Kier molecular flexibility index (Phi) is 6.08. The molecule has 1 aliphatic heterocycles. The molecule has 0 fully saturated rings. The summed E-state index contributed by atoms with van der Waals surface area (Å²) in [7, 11) is 0. The van der Waals surface area contributed by atoms with Crippen LogP contribution in [0.5, 0.6) is 0 Å². The van der Waals surface area contributed by atoms with Crippen LogP contribution in [0.3, 0.4) is 0 Å². The van der Waals surface area contributed by atoms with E-state index in [4.69, 9.17) is 5.11 Å². The molecule has 4 rings (SSSR count). The summed E-state index contributed by atoms with van der Waals surface area (Å²) >= 11 is 0. The molecular formula is C24H26FN3O2. The minimum Gasteiger partial charge on any atom is -0.394 e. The van der Waals surface area contributed by atoms with Crippen LogP contribution in [0.4, 0.5) is 15.8 Å². The molecule has 156 valence electrons. The Bertz CT molecular complexity index is 1020. The maximum atomic E-state index is 13.2. The van der Waals surface area contributed by atoms with Gasteiger partial charge in [-0.15, -0.1) is 0 Å². The summed E-state index contributed by atoms with van der Waals surface area (Å²) in [5.74, 6) is -0.345. The first-order valence-corrected chi connectivity index (χ1v) is 10.1. The predicted octanol–water partition coefficient (Wildman–Crippen LogP) is 3.65. The number of halogens is 1. The van der Waals surface area contributed by atoms with E-state index in [2.05, 4.69) is 27.3 Å². The van der Waals surface area contributed by atoms with Crippen molar-refractivity contribution in [1.82, 2.24) is 9.88 Å². The van der Waals surface area contributed by atoms with Crippen molar-refractivity contribution in [2.45, 2.75) is 26.0 Å². The van der Waals surface area contributed by atoms with Gasteiger partial charge in [0.15, 0.2) is 0 Å². The van der Waals surface area contributed by atoms with Gasteiger partial charge in [0.2, 0.25) is 0 Å². The lowest BCUT2D eigenvalue weighted by atomic mass is 9.97. The van der Waals surface area contributed by atoms with E-state index < -0.39 is 6.10 Å². The largest absolute Gasteiger partial charge is 0.394 e. The van der Waals surface area contributed by atoms with Crippen LogP contribution in [-0.2, 0) is 13.0 Å². The lowest BCUT2D eigenvalue weighted by molar-refractivity contribution is 0.0551. The summed E-state index contributed by atoms with van der Waals surface area (Å²) in [4.78, 5) is 6.38. The SMILES string of the molecule is Cc1ccc(Nc2cccc3c2CCN(C[C@H](O)CO)C3)cc1-c1ccc(F)cn1. The topological polar surface area (TPSA) is 68.6 Å². The summed E-state index contributed by atoms with van der Waals surface area (Å²) in [5, 5.41) is 22.4. The second-order valence-electron chi connectivity index (χ2n) is 7.78. The molecule has 0 saturated carbocycles. The molecule has 0 saturated heterocycles. The number of hydrogen-bond donors (Lipinski definition) is 3. The molecule has 0 aliphatic carbocycles. The van der Waals surface area contributed by atoms with Gasteiger partial charge in [-0.1, -0.05) is 18.2 Å². The molecule has 0 bridgehead atoms. The number of hydrogen-bond acceptors (Lipinski definition) is 5. The van der Waals surface area contributed by atoms with E-state index in [1.54, 1.807) is 6.07 Å². The van der Waals surface area contributed by atoms with E-state index in [0.29, 0.717) is 6.54 Å². The number of nitrogens with zero attached hydrogens (tertiary/aromatic N) is 2. The van der Waals surface area contributed by atoms with Gasteiger partial charge in [0.25, 0.3) is 0 Å². The summed E-state index contributed by atoms with van der Waals surface area (Å²) < 4.78 is 13.2. The highest BCUT2D eigenvalue weighted by atomic mass is 19.1. The van der Waals surface area contributed by atoms with Crippen LogP contribution in [-0.4, -0.2) is 45.9 Å². The smallest absolute Gasteiger partial charge is 0.141 e. The van der Waals surface area contributed by atoms with Crippen molar-refractivity contribution in [2.24, 2.45) is 0 Å². The van der Waals surface area contributed by atoms with E-state index in [-0.39, 0.29) is 12.4 Å². The second-order valence-corrected chi connectivity index (χ2v) is 7.78. The fourth-order valence-corrected chi connectivity index (χ4v) is 3.96. The maximum absolute atomic E-state index is 13.2. The zero-order valence-electron chi connectivity index (χ0n) is 17.0. The summed E-state index contributed by atoms with van der Waals surface area (Å²) in [6, 6.07) is 15.5. The first kappa shape index (κ1) is 20.5. The van der Waals surface area contributed by atoms with Crippen LogP contribution in [0.15, 0.2) is 54.7 Å². The van der Waals surface area contributed by atoms with Gasteiger partial charge in [-0.2, -0.15) is 0 Å². The van der Waals surface area contributed by atoms with Crippen LogP contribution in [0.25, 0.3) is 11.3 Å². The fraction of sp³-hybridized carbons (Fsp3) is 0.292. The second kappa shape index (κ2) is 8.92. The zero-order chi connectivity index (χ0) is 21.1. The van der Waals surface area contributed by atoms with Crippen molar-refractivity contribution in [3.63, 3.8) is 0 Å². The van der Waals surface area contributed by atoms with E-state index >= 15 is 0 Å². The highest BCUT2D eigenvalue weighted by Crippen LogP contribution is 2.31. The number of pyridine rings is 1. The standard InChI is InChI=1S/C24H26FN3O2/c1-16-5-7-19(11-22(16)23-8-6-18(25)12-26-23)27-24-4-2-3-17-13-28(10-9-21(17)24)14-20(30)15-29/h2-8,11-12,20,27,29-30H,9-10,13-15H2,1H3/t20-/m0/s1. The number of anilines is 2. The Morgan fingerprint density at radius 2 is 2.07 bits per heavy atom. The number of aliphatic hydroxyl groups excluding tert-OH is 2. The van der Waals surface area contributed by atoms with Crippen molar-refractivity contribution < 1.29 is 14.6 Å². The van der Waals surface area contributed by atoms with Gasteiger partial charge in [-0.3, -0.25) is 9.88 Å². The minimum absolute atomic E-state index is 0.219. The lowest BCUT2D eigenvalue weighted by Gasteiger charge is -2.31. The van der Waals surface area contributed by atoms with Crippen LogP contribution in [0.2, 0.25) is 0 Å². The minimum atomic E-state index is -0.709. The molecule has 0 spiro atoms. The number of aryl methyl sites for hydroxylation is 1. The molecule has 30 heavy (non-hydrogen) atoms. The Morgan fingerprint density at radius 3 is 2.83 bits per heavy atom. The highest BCUT2D eigenvalue weighted by molar-refractivity contribution is 5.73. The van der Waals surface area contributed by atoms with Crippen molar-refractivity contribution in [3.05, 3.63) is 77.2 Å². The van der Waals surface area contributed by atoms with E-state index in [1.807, 2.05) is 31.2 Å². The highest BCUT2D eigenvalue weighted by Gasteiger charge is 2.20. The molecule has 5 nitrogen and oxygen atoms in total. The van der Waals surface area contributed by atoms with Gasteiger partial charge in [-0.05, 0) is 60.4 Å². The van der Waals surface area contributed by atoms with Crippen LogP contribution < -0.4 is 5.32 Å². The van der Waals surface area contributed by atoms with Crippen LogP contribution in [0, 0.1) is 12.7 Å². The zero-order valence-corrected chi connectivity index (χ0v) is 17.0. The number of rotatable bonds is 6. The fourth-order valence-electron chi connectivity index (χ4n) is 3.96. The third-order valence-electron chi connectivity index (χ3n) is 5.54. The Labute approximate surface area is 175 Å². The third kappa shape index (κ3) is 4.51. The normalized spacial score (nSPS) is 14.9. The Balaban J connectivity index is 1.57. The molecule has 2 aromatic carbocycles. The first-order valence-electron chi connectivity index (χ1n) is 10.1. The molecule has 2 heterocycles. The monoisotopic (exact) mass is 407 g/mol. The van der Waals surface area contributed by atoms with Gasteiger partial charge >= 0.3 is 0 Å². The Morgan fingerprint density at radius 1 is 1.20 bits per heavy atom. The average molecular weight is 407 g/mol. The van der Waals surface area contributed by atoms with Crippen molar-refractivity contribution in [3.8, 4) is 11.3 Å². The van der Waals surface area contributed by atoms with Gasteiger partial charge in [0.05, 0.1) is 24.6 Å². The number of aliphatic hydroxyl groups is 2. The molecule has 0 amide bonds. The van der Waals surface area contributed by atoms with Crippen molar-refractivity contribution in [2.75, 3.05) is 25.0 Å². The molecule has 1 aliphatic rings. The number of β-amino-alcohol motifs (C(OH)–C–C–N with tert-alkyl or cyclic N) is 1. The quantitative estimate of drug-likeness (QED) is 0.582. The number of nitrogens with one attached hydrogen (secondary N) is 1. The first-order chi connectivity index (χ1) is 14.5. The molecule has 6 heteroatoms. The molecule has 1 atom stereocenters. The summed E-state index contributed by atoms with van der Waals surface area (Å²) in [5.41, 5.74) is 7.30. The van der Waals surface area contributed by atoms with Gasteiger partial charge < -0.3 is 15.5 Å². The molecule has 0 unspecified atom stereocenters. The van der Waals surface area contributed by atoms with Gasteiger partial charge in [0.1, 0.15) is 5.82 Å². The van der Waals surface area contributed by atoms with Gasteiger partial charge in [0, 0.05) is 36.6 Å². The molecule has 1 aromatic heterocycles. The molecule has 3 aromatic rings. The van der Waals surface area contributed by atoms with Crippen LogP contribution >= 0.6 is 0 Å². The van der Waals surface area contributed by atoms with Crippen LogP contribution in [0.1, 0.15) is 16.7 Å². The van der Waals surface area contributed by atoms with E-state index in [9.17, 15) is 9.50 Å². The van der Waals surface area contributed by atoms with E-state index in [1.165, 1.54) is 23.4 Å². The number of fused-ring (bicyclic) bond motifs is 1. The summed E-state index contributed by atoms with van der Waals surface area (Å²) in [6.07, 6.45) is 1.40. The molecular weight excluding hydrogens is 381 g/mol. The number of benzene rings is 2. The number of aromatic nitrogens is 1. The summed E-state index contributed by atoms with van der Waals surface area (Å²) in [6.45, 7) is 3.86. The predicted molar refractivity (Wildman–Crippen MR) is 116 cm³/mol. The Hall–Kier alpha value is -2.80. The van der Waals surface area contributed by atoms with E-state index in [0.717, 1.165) is 47.7 Å². The van der Waals surface area contributed by atoms with Crippen molar-refractivity contribution in [1.29, 1.82) is 0 Å². The average Bonchev–Trinajstić information content (AvgIpc) is 2.75. The molecule has 0 radical (unpaired) electrons. The lowest BCUT2D eigenvalue weighted by Crippen LogP contribution is -2.38. The molecule has 3 N–H and O–H groups in total. The van der Waals surface area contributed by atoms with Gasteiger partial charge in [-0.25, -0.2) is 4.39 Å².